The topological polar surface area (TPSA) is 58.8 Å². The van der Waals surface area contributed by atoms with Gasteiger partial charge in [-0.3, -0.25) is 14.5 Å². The molecular weight excluding hydrogens is 419 g/mol. The van der Waals surface area contributed by atoms with E-state index in [-0.39, 0.29) is 30.5 Å². The van der Waals surface area contributed by atoms with E-state index in [0.29, 0.717) is 11.0 Å². The van der Waals surface area contributed by atoms with Crippen molar-refractivity contribution in [2.45, 2.75) is 38.4 Å². The van der Waals surface area contributed by atoms with Gasteiger partial charge < -0.3 is 14.3 Å². The molecule has 1 amide bonds. The molecule has 0 bridgehead atoms. The van der Waals surface area contributed by atoms with E-state index in [1.807, 2.05) is 6.07 Å². The molecule has 5 rings (SSSR count). The minimum Gasteiger partial charge on any atom is -0.353 e. The van der Waals surface area contributed by atoms with Gasteiger partial charge in [0.15, 0.2) is 0 Å². The summed E-state index contributed by atoms with van der Waals surface area (Å²) < 4.78 is 17.2. The lowest BCUT2D eigenvalue weighted by molar-refractivity contribution is -0.122. The summed E-state index contributed by atoms with van der Waals surface area (Å²) in [6.07, 6.45) is 3.77. The van der Waals surface area contributed by atoms with Crippen molar-refractivity contribution in [3.05, 3.63) is 88.6 Å². The van der Waals surface area contributed by atoms with Gasteiger partial charge in [-0.15, -0.1) is 0 Å². The van der Waals surface area contributed by atoms with E-state index in [9.17, 15) is 14.0 Å². The van der Waals surface area contributed by atoms with Crippen molar-refractivity contribution >= 4 is 22.5 Å². The Morgan fingerprint density at radius 1 is 0.970 bits per heavy atom. The van der Waals surface area contributed by atoms with Crippen LogP contribution in [0.4, 0.5) is 4.39 Å². The van der Waals surface area contributed by atoms with Crippen molar-refractivity contribution in [1.82, 2.24) is 19.2 Å². The fraction of sp³-hybridized carbons (Fsp3) is 0.308. The zero-order chi connectivity index (χ0) is 22.8. The van der Waals surface area contributed by atoms with Crippen molar-refractivity contribution in [2.75, 3.05) is 13.1 Å². The predicted octanol–water partition coefficient (Wildman–Crippen LogP) is 3.56. The molecule has 0 atom stereocenters. The summed E-state index contributed by atoms with van der Waals surface area (Å²) in [5, 5.41) is 3.12. The number of carbonyl (C=O) groups is 1. The number of benzene rings is 2. The molecule has 1 saturated heterocycles. The predicted molar refractivity (Wildman–Crippen MR) is 127 cm³/mol. The highest BCUT2D eigenvalue weighted by Gasteiger charge is 2.21. The Labute approximate surface area is 191 Å². The van der Waals surface area contributed by atoms with Gasteiger partial charge >= 0.3 is 0 Å². The maximum absolute atomic E-state index is 13.9. The number of hydrogen-bond acceptors (Lipinski definition) is 3. The normalized spacial score (nSPS) is 15.3. The number of piperidine rings is 1. The van der Waals surface area contributed by atoms with Gasteiger partial charge in [-0.2, -0.15) is 0 Å². The van der Waals surface area contributed by atoms with Crippen LogP contribution in [0.1, 0.15) is 24.8 Å². The Bertz CT molecular complexity index is 1340. The molecular formula is C26H27FN4O2. The number of rotatable bonds is 6. The van der Waals surface area contributed by atoms with Gasteiger partial charge in [-0.1, -0.05) is 30.3 Å². The Hall–Kier alpha value is -3.45. The molecule has 1 aliphatic rings. The monoisotopic (exact) mass is 446 g/mol. The second-order valence-corrected chi connectivity index (χ2v) is 8.71. The largest absolute Gasteiger partial charge is 0.353 e. The maximum Gasteiger partial charge on any atom is 0.275 e. The van der Waals surface area contributed by atoms with Crippen molar-refractivity contribution in [3.63, 3.8) is 0 Å². The van der Waals surface area contributed by atoms with Gasteiger partial charge in [-0.25, -0.2) is 4.39 Å². The number of amides is 1. The molecule has 1 fully saturated rings. The van der Waals surface area contributed by atoms with Gasteiger partial charge in [0.2, 0.25) is 5.91 Å². The standard InChI is InChI=1S/C26H27FN4O2/c27-20-8-9-22-24(17-20)31(26(33)23-7-4-13-30(22)23)16-12-25(32)28-21-10-14-29(15-11-21)18-19-5-2-1-3-6-19/h1-9,13,17,21H,10-12,14-16,18H2,(H,28,32). The minimum atomic E-state index is -0.408. The number of likely N-dealkylation sites (tertiary alicyclic amines) is 1. The lowest BCUT2D eigenvalue weighted by Gasteiger charge is -2.32. The van der Waals surface area contributed by atoms with Crippen LogP contribution in [0.25, 0.3) is 16.6 Å². The van der Waals surface area contributed by atoms with Crippen molar-refractivity contribution in [2.24, 2.45) is 0 Å². The first kappa shape index (κ1) is 21.4. The molecule has 170 valence electrons. The third kappa shape index (κ3) is 4.54. The average molecular weight is 447 g/mol. The van der Waals surface area contributed by atoms with Crippen LogP contribution in [-0.4, -0.2) is 38.9 Å². The van der Waals surface area contributed by atoms with Crippen LogP contribution in [0.2, 0.25) is 0 Å². The molecule has 0 spiro atoms. The maximum atomic E-state index is 13.9. The lowest BCUT2D eigenvalue weighted by Crippen LogP contribution is -2.44. The number of aromatic nitrogens is 2. The molecule has 7 heteroatoms. The van der Waals surface area contributed by atoms with Crippen LogP contribution >= 0.6 is 0 Å². The average Bonchev–Trinajstić information content (AvgIpc) is 3.31. The molecule has 33 heavy (non-hydrogen) atoms. The van der Waals surface area contributed by atoms with E-state index < -0.39 is 5.82 Å². The molecule has 0 radical (unpaired) electrons. The van der Waals surface area contributed by atoms with Crippen LogP contribution in [0.3, 0.4) is 0 Å². The summed E-state index contributed by atoms with van der Waals surface area (Å²) in [6, 6.07) is 18.5. The van der Waals surface area contributed by atoms with Crippen LogP contribution in [0.15, 0.2) is 71.7 Å². The first-order chi connectivity index (χ1) is 16.1. The second-order valence-electron chi connectivity index (χ2n) is 8.71. The number of hydrogen-bond donors (Lipinski definition) is 1. The Morgan fingerprint density at radius 2 is 1.76 bits per heavy atom. The first-order valence-corrected chi connectivity index (χ1v) is 11.4. The second kappa shape index (κ2) is 9.19. The third-order valence-corrected chi connectivity index (χ3v) is 6.46. The quantitative estimate of drug-likeness (QED) is 0.493. The highest BCUT2D eigenvalue weighted by molar-refractivity contribution is 5.80. The van der Waals surface area contributed by atoms with Crippen molar-refractivity contribution < 1.29 is 9.18 Å². The number of carbonyl (C=O) groups excluding carboxylic acids is 1. The fourth-order valence-electron chi connectivity index (χ4n) is 4.74. The molecule has 0 saturated carbocycles. The summed E-state index contributed by atoms with van der Waals surface area (Å²) in [5.41, 5.74) is 2.82. The molecule has 0 aliphatic carbocycles. The van der Waals surface area contributed by atoms with Crippen LogP contribution < -0.4 is 10.9 Å². The van der Waals surface area contributed by atoms with E-state index in [2.05, 4.69) is 34.5 Å². The van der Waals surface area contributed by atoms with Crippen molar-refractivity contribution in [3.8, 4) is 0 Å². The minimum absolute atomic E-state index is 0.0804. The van der Waals surface area contributed by atoms with Crippen LogP contribution in [0, 0.1) is 5.82 Å². The van der Waals surface area contributed by atoms with E-state index in [1.54, 1.807) is 28.8 Å². The molecule has 6 nitrogen and oxygen atoms in total. The van der Waals surface area contributed by atoms with Gasteiger partial charge in [0, 0.05) is 44.8 Å². The first-order valence-electron chi connectivity index (χ1n) is 11.4. The summed E-state index contributed by atoms with van der Waals surface area (Å²) >= 11 is 0. The van der Waals surface area contributed by atoms with Crippen molar-refractivity contribution in [1.29, 1.82) is 0 Å². The molecule has 4 aromatic rings. The molecule has 1 aliphatic heterocycles. The Balaban J connectivity index is 1.21. The van der Waals surface area contributed by atoms with E-state index in [4.69, 9.17) is 0 Å². The Morgan fingerprint density at radius 3 is 2.55 bits per heavy atom. The zero-order valence-electron chi connectivity index (χ0n) is 18.4. The number of nitrogens with zero attached hydrogens (tertiary/aromatic N) is 3. The number of aryl methyl sites for hydroxylation is 1. The van der Waals surface area contributed by atoms with E-state index in [1.165, 1.54) is 22.3 Å². The molecule has 2 aromatic carbocycles. The number of halogens is 1. The van der Waals surface area contributed by atoms with Gasteiger partial charge in [0.1, 0.15) is 11.3 Å². The SMILES string of the molecule is O=C(CCn1c(=O)c2cccn2c2ccc(F)cc21)NC1CCN(Cc2ccccc2)CC1. The fourth-order valence-corrected chi connectivity index (χ4v) is 4.74. The number of nitrogens with one attached hydrogen (secondary N) is 1. The van der Waals surface area contributed by atoms with Crippen LogP contribution in [-0.2, 0) is 17.9 Å². The molecule has 1 N–H and O–H groups in total. The van der Waals surface area contributed by atoms with Gasteiger partial charge in [0.05, 0.1) is 11.0 Å². The Kier molecular flexibility index (Phi) is 5.96. The van der Waals surface area contributed by atoms with E-state index in [0.717, 1.165) is 38.0 Å². The molecule has 2 aromatic heterocycles. The highest BCUT2D eigenvalue weighted by Crippen LogP contribution is 2.18. The summed E-state index contributed by atoms with van der Waals surface area (Å²) in [6.45, 7) is 3.01. The summed E-state index contributed by atoms with van der Waals surface area (Å²) in [4.78, 5) is 28.1. The highest BCUT2D eigenvalue weighted by atomic mass is 19.1. The lowest BCUT2D eigenvalue weighted by atomic mass is 10.0. The molecule has 3 heterocycles. The van der Waals surface area contributed by atoms with Gasteiger partial charge in [-0.05, 0) is 48.7 Å². The number of fused-ring (bicyclic) bond motifs is 3. The van der Waals surface area contributed by atoms with Gasteiger partial charge in [0.25, 0.3) is 5.56 Å². The van der Waals surface area contributed by atoms with Crippen LogP contribution in [0.5, 0.6) is 0 Å². The summed E-state index contributed by atoms with van der Waals surface area (Å²) in [7, 11) is 0. The smallest absolute Gasteiger partial charge is 0.275 e. The van der Waals surface area contributed by atoms with E-state index >= 15 is 0 Å². The summed E-state index contributed by atoms with van der Waals surface area (Å²) in [5.74, 6) is -0.489. The zero-order valence-corrected chi connectivity index (χ0v) is 18.4. The molecule has 0 unspecified atom stereocenters. The third-order valence-electron chi connectivity index (χ3n) is 6.46.